The van der Waals surface area contributed by atoms with Crippen molar-refractivity contribution in [2.45, 2.75) is 6.92 Å². The smallest absolute Gasteiger partial charge is 0.183 e. The number of hydrogen-bond acceptors (Lipinski definition) is 3. The van der Waals surface area contributed by atoms with E-state index in [0.717, 1.165) is 13.6 Å². The summed E-state index contributed by atoms with van der Waals surface area (Å²) in [4.78, 5) is 0. The number of anilines is 1. The third-order valence-corrected chi connectivity index (χ3v) is 3.76. The van der Waals surface area contributed by atoms with Crippen LogP contribution in [0.1, 0.15) is 5.56 Å². The molecule has 0 aliphatic heterocycles. The summed E-state index contributed by atoms with van der Waals surface area (Å²) in [6, 6.07) is 6.05. The summed E-state index contributed by atoms with van der Waals surface area (Å²) >= 11 is 5.61. The molecule has 0 aliphatic rings. The molecule has 0 spiro atoms. The summed E-state index contributed by atoms with van der Waals surface area (Å²) in [5, 5.41) is 3.74. The van der Waals surface area contributed by atoms with Gasteiger partial charge in [0.15, 0.2) is 11.6 Å². The molecule has 0 aliphatic carbocycles. The minimum atomic E-state index is 0.430. The van der Waals surface area contributed by atoms with Gasteiger partial charge < -0.3 is 10.3 Å². The van der Waals surface area contributed by atoms with Crippen molar-refractivity contribution < 1.29 is 4.52 Å². The lowest BCUT2D eigenvalue weighted by Crippen LogP contribution is -1.87. The first-order valence-electron chi connectivity index (χ1n) is 4.26. The maximum Gasteiger partial charge on any atom is 0.183 e. The highest BCUT2D eigenvalue weighted by Crippen LogP contribution is 2.34. The van der Waals surface area contributed by atoms with E-state index in [-0.39, 0.29) is 0 Å². The van der Waals surface area contributed by atoms with Gasteiger partial charge >= 0.3 is 0 Å². The zero-order chi connectivity index (χ0) is 11.0. The van der Waals surface area contributed by atoms with E-state index in [0.29, 0.717) is 11.6 Å². The molecule has 3 nitrogen and oxygen atoms in total. The Morgan fingerprint density at radius 1 is 1.47 bits per heavy atom. The van der Waals surface area contributed by atoms with Crippen LogP contribution in [0.15, 0.2) is 27.2 Å². The van der Waals surface area contributed by atoms with E-state index in [1.54, 1.807) is 0 Å². The number of rotatable bonds is 1. The number of nitrogen functional groups attached to an aromatic ring is 1. The van der Waals surface area contributed by atoms with E-state index < -0.39 is 0 Å². The SMILES string of the molecule is Cc1ccc(Br)c(-c2onc(N)c2I)c1. The third kappa shape index (κ3) is 2.03. The average molecular weight is 379 g/mol. The van der Waals surface area contributed by atoms with Crippen LogP contribution in [0, 0.1) is 10.5 Å². The molecular weight excluding hydrogens is 371 g/mol. The quantitative estimate of drug-likeness (QED) is 0.771. The molecule has 0 unspecified atom stereocenters. The fourth-order valence-electron chi connectivity index (χ4n) is 1.27. The van der Waals surface area contributed by atoms with Crippen LogP contribution in [-0.4, -0.2) is 5.16 Å². The normalized spacial score (nSPS) is 10.6. The Morgan fingerprint density at radius 2 is 2.20 bits per heavy atom. The lowest BCUT2D eigenvalue weighted by molar-refractivity contribution is 0.435. The van der Waals surface area contributed by atoms with Crippen molar-refractivity contribution in [1.29, 1.82) is 0 Å². The van der Waals surface area contributed by atoms with Gasteiger partial charge in [-0.1, -0.05) is 32.7 Å². The molecule has 1 aromatic carbocycles. The van der Waals surface area contributed by atoms with Crippen LogP contribution in [0.2, 0.25) is 0 Å². The van der Waals surface area contributed by atoms with Gasteiger partial charge in [-0.3, -0.25) is 0 Å². The standard InChI is InChI=1S/C10H8BrIN2O/c1-5-2-3-7(11)6(4-5)9-8(12)10(13)14-15-9/h2-4H,1H3,(H2,13,14). The third-order valence-electron chi connectivity index (χ3n) is 2.03. The second-order valence-electron chi connectivity index (χ2n) is 3.19. The molecule has 0 atom stereocenters. The van der Waals surface area contributed by atoms with Crippen molar-refractivity contribution in [1.82, 2.24) is 5.16 Å². The molecule has 0 saturated heterocycles. The first kappa shape index (κ1) is 10.9. The van der Waals surface area contributed by atoms with Gasteiger partial charge in [-0.15, -0.1) is 0 Å². The van der Waals surface area contributed by atoms with Crippen molar-refractivity contribution in [3.63, 3.8) is 0 Å². The van der Waals surface area contributed by atoms with Crippen LogP contribution in [-0.2, 0) is 0 Å². The van der Waals surface area contributed by atoms with E-state index in [4.69, 9.17) is 10.3 Å². The Labute approximate surface area is 109 Å². The maximum absolute atomic E-state index is 5.64. The molecular formula is C10H8BrIN2O. The first-order chi connectivity index (χ1) is 7.09. The highest BCUT2D eigenvalue weighted by Gasteiger charge is 2.15. The Morgan fingerprint density at radius 3 is 2.80 bits per heavy atom. The topological polar surface area (TPSA) is 52.0 Å². The second kappa shape index (κ2) is 4.13. The van der Waals surface area contributed by atoms with E-state index in [1.807, 2.05) is 25.1 Å². The van der Waals surface area contributed by atoms with E-state index in [1.165, 1.54) is 5.56 Å². The average Bonchev–Trinajstić information content (AvgIpc) is 2.52. The predicted molar refractivity (Wildman–Crippen MR) is 71.5 cm³/mol. The number of aromatic nitrogens is 1. The lowest BCUT2D eigenvalue weighted by atomic mass is 10.1. The van der Waals surface area contributed by atoms with Crippen LogP contribution in [0.3, 0.4) is 0 Å². The van der Waals surface area contributed by atoms with Crippen LogP contribution in [0.5, 0.6) is 0 Å². The molecule has 0 amide bonds. The number of nitrogens with two attached hydrogens (primary N) is 1. The van der Waals surface area contributed by atoms with Crippen molar-refractivity contribution in [2.24, 2.45) is 0 Å². The number of halogens is 2. The lowest BCUT2D eigenvalue weighted by Gasteiger charge is -2.02. The monoisotopic (exact) mass is 378 g/mol. The van der Waals surface area contributed by atoms with Gasteiger partial charge in [0.05, 0.1) is 0 Å². The van der Waals surface area contributed by atoms with Gasteiger partial charge in [-0.05, 0) is 41.6 Å². The van der Waals surface area contributed by atoms with Gasteiger partial charge in [0.1, 0.15) is 3.57 Å². The van der Waals surface area contributed by atoms with Gasteiger partial charge in [-0.2, -0.15) is 0 Å². The van der Waals surface area contributed by atoms with Crippen LogP contribution < -0.4 is 5.73 Å². The van der Waals surface area contributed by atoms with Crippen LogP contribution >= 0.6 is 38.5 Å². The van der Waals surface area contributed by atoms with Gasteiger partial charge in [0.25, 0.3) is 0 Å². The molecule has 2 aromatic rings. The number of benzene rings is 1. The molecule has 0 radical (unpaired) electrons. The van der Waals surface area contributed by atoms with Crippen LogP contribution in [0.25, 0.3) is 11.3 Å². The van der Waals surface area contributed by atoms with Crippen LogP contribution in [0.4, 0.5) is 5.82 Å². The first-order valence-corrected chi connectivity index (χ1v) is 6.14. The zero-order valence-electron chi connectivity index (χ0n) is 7.92. The number of nitrogens with zero attached hydrogens (tertiary/aromatic N) is 1. The molecule has 2 rings (SSSR count). The number of aryl methyl sites for hydroxylation is 1. The molecule has 0 bridgehead atoms. The summed E-state index contributed by atoms with van der Waals surface area (Å²) in [5.41, 5.74) is 7.78. The molecule has 1 heterocycles. The highest BCUT2D eigenvalue weighted by atomic mass is 127. The predicted octanol–water partition coefficient (Wildman–Crippen LogP) is 3.60. The second-order valence-corrected chi connectivity index (χ2v) is 5.13. The number of hydrogen-bond donors (Lipinski definition) is 1. The minimum absolute atomic E-state index is 0.430. The van der Waals surface area contributed by atoms with Gasteiger partial charge in [0.2, 0.25) is 0 Å². The minimum Gasteiger partial charge on any atom is -0.380 e. The van der Waals surface area contributed by atoms with Crippen molar-refractivity contribution >= 4 is 44.3 Å². The fourth-order valence-corrected chi connectivity index (χ4v) is 2.19. The summed E-state index contributed by atoms with van der Waals surface area (Å²) in [6.07, 6.45) is 0. The molecule has 15 heavy (non-hydrogen) atoms. The van der Waals surface area contributed by atoms with Gasteiger partial charge in [-0.25, -0.2) is 0 Å². The Balaban J connectivity index is 2.63. The fraction of sp³-hybridized carbons (Fsp3) is 0.100. The summed E-state index contributed by atoms with van der Waals surface area (Å²) in [7, 11) is 0. The van der Waals surface area contributed by atoms with E-state index in [9.17, 15) is 0 Å². The molecule has 2 N–H and O–H groups in total. The van der Waals surface area contributed by atoms with E-state index in [2.05, 4.69) is 43.7 Å². The molecule has 0 fully saturated rings. The summed E-state index contributed by atoms with van der Waals surface area (Å²) in [6.45, 7) is 2.03. The summed E-state index contributed by atoms with van der Waals surface area (Å²) < 4.78 is 7.02. The Kier molecular flexibility index (Phi) is 3.01. The zero-order valence-corrected chi connectivity index (χ0v) is 11.7. The van der Waals surface area contributed by atoms with Gasteiger partial charge in [0, 0.05) is 10.0 Å². The Bertz CT molecular complexity index is 510. The maximum atomic E-state index is 5.64. The van der Waals surface area contributed by atoms with Crippen molar-refractivity contribution in [2.75, 3.05) is 5.73 Å². The molecule has 78 valence electrons. The summed E-state index contributed by atoms with van der Waals surface area (Å²) in [5.74, 6) is 1.14. The van der Waals surface area contributed by atoms with Crippen molar-refractivity contribution in [3.05, 3.63) is 31.8 Å². The molecule has 1 aromatic heterocycles. The molecule has 0 saturated carbocycles. The largest absolute Gasteiger partial charge is 0.380 e. The highest BCUT2D eigenvalue weighted by molar-refractivity contribution is 14.1. The Hall–Kier alpha value is -0.560. The molecule has 5 heteroatoms. The van der Waals surface area contributed by atoms with E-state index >= 15 is 0 Å². The van der Waals surface area contributed by atoms with Crippen molar-refractivity contribution in [3.8, 4) is 11.3 Å².